The minimum Gasteiger partial charge on any atom is -0.491 e. The van der Waals surface area contributed by atoms with Crippen molar-refractivity contribution in [1.82, 2.24) is 43.6 Å². The van der Waals surface area contributed by atoms with Crippen LogP contribution in [0.15, 0.2) is 36.4 Å². The SMILES string of the molecule is CCn1nc(C)cc1C(=O)Nc1nc2cc(C(N)=O)cc(OCCCN3CCOCC3)c2n1CCC[C@H]1COc2cc(C(N)=O)cc3nc(NC(=O)c4cc(C)nn4CC)n1c23. The molecule has 20 heteroatoms. The lowest BCUT2D eigenvalue weighted by Crippen LogP contribution is -2.37. The molecule has 6 aromatic rings. The van der Waals surface area contributed by atoms with E-state index in [9.17, 15) is 19.2 Å². The third-order valence-corrected chi connectivity index (χ3v) is 11.1. The lowest BCUT2D eigenvalue weighted by Gasteiger charge is -2.27. The van der Waals surface area contributed by atoms with Gasteiger partial charge in [-0.3, -0.25) is 44.1 Å². The number of primary amides is 2. The number of rotatable bonds is 17. The maximum Gasteiger partial charge on any atom is 0.276 e. The number of hydrogen-bond acceptors (Lipinski definition) is 12. The van der Waals surface area contributed by atoms with Crippen LogP contribution in [0, 0.1) is 13.8 Å². The van der Waals surface area contributed by atoms with E-state index < -0.39 is 23.6 Å². The van der Waals surface area contributed by atoms with Gasteiger partial charge in [0.2, 0.25) is 23.7 Å². The standard InChI is InChI=1S/C42H51N13O7/c1-5-53-31(17-24(3)49-53)39(58)47-41-45-29-19-26(37(43)56)21-33(61-14-8-10-51-12-15-60-16-13-51)35(29)52(41)11-7-9-28-23-62-34-22-27(38(44)57)20-30-36(34)55(28)42(46-30)48-40(59)32-18-25(4)50-54(32)6-2/h17-22,28H,5-16,23H2,1-4H3,(H2,43,56)(H2,44,57)(H,45,47,58)(H,46,48,59)/t28-/m0/s1. The zero-order chi connectivity index (χ0) is 43.7. The largest absolute Gasteiger partial charge is 0.491 e. The number of imidazole rings is 2. The number of ether oxygens (including phenoxy) is 3. The monoisotopic (exact) mass is 849 g/mol. The van der Waals surface area contributed by atoms with E-state index in [1.54, 1.807) is 45.8 Å². The fourth-order valence-corrected chi connectivity index (χ4v) is 8.21. The summed E-state index contributed by atoms with van der Waals surface area (Å²) in [5, 5.41) is 14.9. The van der Waals surface area contributed by atoms with E-state index in [1.807, 2.05) is 36.8 Å². The molecule has 2 aromatic carbocycles. The smallest absolute Gasteiger partial charge is 0.276 e. The van der Waals surface area contributed by atoms with E-state index in [2.05, 4.69) is 25.7 Å². The number of anilines is 2. The number of carbonyl (C=O) groups excluding carboxylic acids is 4. The van der Waals surface area contributed by atoms with E-state index in [0.717, 1.165) is 26.1 Å². The van der Waals surface area contributed by atoms with Gasteiger partial charge in [-0.15, -0.1) is 0 Å². The molecular weight excluding hydrogens is 799 g/mol. The van der Waals surface area contributed by atoms with Crippen LogP contribution < -0.4 is 31.6 Å². The van der Waals surface area contributed by atoms with E-state index >= 15 is 0 Å². The van der Waals surface area contributed by atoms with Gasteiger partial charge < -0.3 is 34.8 Å². The summed E-state index contributed by atoms with van der Waals surface area (Å²) in [4.78, 5) is 64.4. The first-order valence-electron chi connectivity index (χ1n) is 20.9. The topological polar surface area (TPSA) is 247 Å². The molecule has 0 aliphatic carbocycles. The molecule has 6 N–H and O–H groups in total. The fourth-order valence-electron chi connectivity index (χ4n) is 8.21. The van der Waals surface area contributed by atoms with Gasteiger partial charge in [-0.1, -0.05) is 0 Å². The molecule has 4 amide bonds. The quantitative estimate of drug-likeness (QED) is 0.0961. The van der Waals surface area contributed by atoms with Crippen molar-refractivity contribution < 1.29 is 33.4 Å². The second-order valence-corrected chi connectivity index (χ2v) is 15.4. The van der Waals surface area contributed by atoms with Crippen LogP contribution in [-0.2, 0) is 24.4 Å². The lowest BCUT2D eigenvalue weighted by molar-refractivity contribution is 0.0358. The first-order chi connectivity index (χ1) is 29.9. The van der Waals surface area contributed by atoms with Crippen molar-refractivity contribution in [3.8, 4) is 11.5 Å². The Labute approximate surface area is 356 Å². The minimum absolute atomic E-state index is 0.198. The first kappa shape index (κ1) is 41.9. The predicted octanol–water partition coefficient (Wildman–Crippen LogP) is 3.65. The van der Waals surface area contributed by atoms with Gasteiger partial charge >= 0.3 is 0 Å². The van der Waals surface area contributed by atoms with Crippen LogP contribution in [0.25, 0.3) is 22.1 Å². The number of hydrogen-bond donors (Lipinski definition) is 4. The molecule has 1 atom stereocenters. The number of carbonyl (C=O) groups is 4. The Morgan fingerprint density at radius 1 is 0.774 bits per heavy atom. The van der Waals surface area contributed by atoms with Gasteiger partial charge in [0.05, 0.1) is 48.3 Å². The normalized spacial score (nSPS) is 15.2. The van der Waals surface area contributed by atoms with E-state index in [1.165, 1.54) is 0 Å². The minimum atomic E-state index is -0.642. The van der Waals surface area contributed by atoms with Crippen LogP contribution in [0.5, 0.6) is 11.5 Å². The maximum atomic E-state index is 13.9. The second kappa shape index (κ2) is 17.7. The number of nitrogens with zero attached hydrogens (tertiary/aromatic N) is 9. The van der Waals surface area contributed by atoms with Gasteiger partial charge in [-0.05, 0) is 83.4 Å². The first-order valence-corrected chi connectivity index (χ1v) is 20.9. The number of amides is 4. The molecule has 326 valence electrons. The van der Waals surface area contributed by atoms with Crippen molar-refractivity contribution >= 4 is 57.6 Å². The van der Waals surface area contributed by atoms with Crippen molar-refractivity contribution in [1.29, 1.82) is 0 Å². The number of aromatic nitrogens is 8. The summed E-state index contributed by atoms with van der Waals surface area (Å²) >= 11 is 0. The van der Waals surface area contributed by atoms with Crippen LogP contribution in [0.1, 0.15) is 92.2 Å². The lowest BCUT2D eigenvalue weighted by atomic mass is 10.1. The van der Waals surface area contributed by atoms with Crippen molar-refractivity contribution in [2.45, 2.75) is 72.6 Å². The number of aryl methyl sites for hydroxylation is 5. The highest BCUT2D eigenvalue weighted by molar-refractivity contribution is 6.05. The number of morpholine rings is 1. The molecule has 1 fully saturated rings. The summed E-state index contributed by atoms with van der Waals surface area (Å²) in [6, 6.07) is 9.49. The molecule has 0 bridgehead atoms. The maximum absolute atomic E-state index is 13.9. The summed E-state index contributed by atoms with van der Waals surface area (Å²) in [7, 11) is 0. The summed E-state index contributed by atoms with van der Waals surface area (Å²) < 4.78 is 25.2. The average molecular weight is 850 g/mol. The zero-order valence-electron chi connectivity index (χ0n) is 35.3. The molecule has 4 aromatic heterocycles. The number of fused-ring (bicyclic) bond motifs is 1. The van der Waals surface area contributed by atoms with E-state index in [0.29, 0.717) is 109 Å². The highest BCUT2D eigenvalue weighted by atomic mass is 16.5. The Hall–Kier alpha value is -6.80. The van der Waals surface area contributed by atoms with Crippen molar-refractivity contribution in [3.63, 3.8) is 0 Å². The Morgan fingerprint density at radius 3 is 2.00 bits per heavy atom. The molecule has 20 nitrogen and oxygen atoms in total. The summed E-state index contributed by atoms with van der Waals surface area (Å²) in [6.07, 6.45) is 1.76. The molecule has 2 aliphatic heterocycles. The molecule has 8 rings (SSSR count). The molecule has 0 radical (unpaired) electrons. The van der Waals surface area contributed by atoms with E-state index in [4.69, 9.17) is 35.6 Å². The van der Waals surface area contributed by atoms with Gasteiger partial charge in [0, 0.05) is 50.4 Å². The Morgan fingerprint density at radius 2 is 1.37 bits per heavy atom. The third kappa shape index (κ3) is 8.42. The molecule has 0 saturated carbocycles. The summed E-state index contributed by atoms with van der Waals surface area (Å²) in [5.41, 5.74) is 16.1. The third-order valence-electron chi connectivity index (χ3n) is 11.1. The number of nitrogens with two attached hydrogens (primary N) is 2. The Balaban J connectivity index is 1.12. The number of nitrogens with one attached hydrogen (secondary N) is 2. The fraction of sp³-hybridized carbons (Fsp3) is 0.429. The van der Waals surface area contributed by atoms with Gasteiger partial charge in [0.1, 0.15) is 40.5 Å². The molecule has 62 heavy (non-hydrogen) atoms. The van der Waals surface area contributed by atoms with Gasteiger partial charge in [-0.25, -0.2) is 9.97 Å². The highest BCUT2D eigenvalue weighted by Crippen LogP contribution is 2.39. The molecule has 6 heterocycles. The van der Waals surface area contributed by atoms with Crippen LogP contribution in [0.3, 0.4) is 0 Å². The molecule has 1 saturated heterocycles. The van der Waals surface area contributed by atoms with Gasteiger partial charge in [0.25, 0.3) is 11.8 Å². The summed E-state index contributed by atoms with van der Waals surface area (Å²) in [5.74, 6) is -0.721. The zero-order valence-corrected chi connectivity index (χ0v) is 35.3. The van der Waals surface area contributed by atoms with Crippen molar-refractivity contribution in [2.75, 3.05) is 56.7 Å². The molecular formula is C42H51N13O7. The predicted molar refractivity (Wildman–Crippen MR) is 229 cm³/mol. The van der Waals surface area contributed by atoms with E-state index in [-0.39, 0.29) is 35.7 Å². The van der Waals surface area contributed by atoms with Gasteiger partial charge in [-0.2, -0.15) is 10.2 Å². The van der Waals surface area contributed by atoms with Gasteiger partial charge in [0.15, 0.2) is 0 Å². The Kier molecular flexibility index (Phi) is 11.9. The Bertz CT molecular complexity index is 2690. The van der Waals surface area contributed by atoms with Crippen LogP contribution in [0.2, 0.25) is 0 Å². The van der Waals surface area contributed by atoms with Crippen LogP contribution >= 0.6 is 0 Å². The highest BCUT2D eigenvalue weighted by Gasteiger charge is 2.30. The van der Waals surface area contributed by atoms with Crippen LogP contribution in [0.4, 0.5) is 11.9 Å². The molecule has 2 aliphatic rings. The average Bonchev–Trinajstić information content (AvgIpc) is 4.03. The van der Waals surface area contributed by atoms with Crippen molar-refractivity contribution in [3.05, 3.63) is 70.3 Å². The van der Waals surface area contributed by atoms with Crippen molar-refractivity contribution in [2.24, 2.45) is 11.5 Å². The molecule has 0 unspecified atom stereocenters. The summed E-state index contributed by atoms with van der Waals surface area (Å²) in [6.45, 7) is 13.2. The second-order valence-electron chi connectivity index (χ2n) is 15.4. The molecule has 0 spiro atoms. The van der Waals surface area contributed by atoms with Crippen LogP contribution in [-0.4, -0.2) is 113 Å². The number of benzene rings is 2.